The number of carbonyl (C=O) groups excluding carboxylic acids is 1. The Morgan fingerprint density at radius 2 is 2.10 bits per heavy atom. The van der Waals surface area contributed by atoms with Crippen molar-refractivity contribution in [1.29, 1.82) is 0 Å². The van der Waals surface area contributed by atoms with Gasteiger partial charge in [0, 0.05) is 24.7 Å². The van der Waals surface area contributed by atoms with Crippen molar-refractivity contribution in [2.75, 3.05) is 16.2 Å². The number of amides is 1. The van der Waals surface area contributed by atoms with Gasteiger partial charge < -0.3 is 5.32 Å². The van der Waals surface area contributed by atoms with Gasteiger partial charge in [-0.15, -0.1) is 0 Å². The molecule has 0 spiro atoms. The van der Waals surface area contributed by atoms with Crippen LogP contribution >= 0.6 is 22.9 Å². The Hall–Kier alpha value is -2.56. The third kappa shape index (κ3) is 3.90. The van der Waals surface area contributed by atoms with E-state index in [1.165, 1.54) is 28.6 Å². The molecule has 11 heteroatoms. The minimum absolute atomic E-state index is 0.140. The van der Waals surface area contributed by atoms with Gasteiger partial charge in [-0.05, 0) is 43.2 Å². The molecule has 0 aliphatic carbocycles. The number of benzene rings is 1. The predicted molar refractivity (Wildman–Crippen MR) is 114 cm³/mol. The number of fused-ring (bicyclic) bond motifs is 1. The number of nitrogens with zero attached hydrogens (tertiary/aromatic N) is 3. The van der Waals surface area contributed by atoms with E-state index in [0.717, 1.165) is 17.0 Å². The van der Waals surface area contributed by atoms with Crippen LogP contribution in [0.25, 0.3) is 10.6 Å². The highest BCUT2D eigenvalue weighted by Gasteiger charge is 2.32. The van der Waals surface area contributed by atoms with Crippen LogP contribution < -0.4 is 9.62 Å². The van der Waals surface area contributed by atoms with Crippen LogP contribution in [0, 0.1) is 5.82 Å². The Labute approximate surface area is 181 Å². The topological polar surface area (TPSA) is 92.3 Å². The van der Waals surface area contributed by atoms with Crippen molar-refractivity contribution < 1.29 is 17.6 Å². The first kappa shape index (κ1) is 20.7. The minimum Gasteiger partial charge on any atom is -0.302 e. The van der Waals surface area contributed by atoms with E-state index in [-0.39, 0.29) is 17.5 Å². The van der Waals surface area contributed by atoms with E-state index in [9.17, 15) is 17.6 Å². The van der Waals surface area contributed by atoms with Crippen molar-refractivity contribution in [3.63, 3.8) is 0 Å². The smallest absolute Gasteiger partial charge is 0.267 e. The van der Waals surface area contributed by atoms with Crippen LogP contribution in [0.4, 0.5) is 15.2 Å². The lowest BCUT2D eigenvalue weighted by Crippen LogP contribution is -2.36. The summed E-state index contributed by atoms with van der Waals surface area (Å²) < 4.78 is 41.7. The summed E-state index contributed by atoms with van der Waals surface area (Å²) in [4.78, 5) is 20.2. The van der Waals surface area contributed by atoms with Crippen molar-refractivity contribution in [1.82, 2.24) is 9.97 Å². The van der Waals surface area contributed by atoms with E-state index in [1.54, 1.807) is 18.3 Å². The summed E-state index contributed by atoms with van der Waals surface area (Å²) in [5.74, 6) is -1.07. The lowest BCUT2D eigenvalue weighted by atomic mass is 10.1. The third-order valence-corrected chi connectivity index (χ3v) is 7.49. The maximum absolute atomic E-state index is 14.3. The largest absolute Gasteiger partial charge is 0.302 e. The van der Waals surface area contributed by atoms with Gasteiger partial charge in [-0.2, -0.15) is 0 Å². The van der Waals surface area contributed by atoms with Crippen molar-refractivity contribution in [3.8, 4) is 10.6 Å². The second-order valence-corrected chi connectivity index (χ2v) is 9.93. The molecule has 1 aromatic carbocycles. The fraction of sp³-hybridized carbons (Fsp3) is 0.211. The van der Waals surface area contributed by atoms with Crippen LogP contribution in [-0.4, -0.2) is 30.8 Å². The molecule has 1 amide bonds. The second-order valence-electron chi connectivity index (χ2n) is 6.63. The van der Waals surface area contributed by atoms with Crippen LogP contribution in [0.2, 0.25) is 5.02 Å². The molecule has 1 N–H and O–H groups in total. The number of aryl methyl sites for hydroxylation is 1. The lowest BCUT2D eigenvalue weighted by molar-refractivity contribution is -0.114. The number of pyridine rings is 1. The Morgan fingerprint density at radius 3 is 2.87 bits per heavy atom. The Bertz CT molecular complexity index is 1250. The molecule has 156 valence electrons. The highest BCUT2D eigenvalue weighted by Crippen LogP contribution is 2.35. The van der Waals surface area contributed by atoms with Crippen LogP contribution in [0.5, 0.6) is 0 Å². The molecule has 1 aliphatic rings. The number of carbonyl (C=O) groups is 1. The van der Waals surface area contributed by atoms with Crippen molar-refractivity contribution in [2.24, 2.45) is 0 Å². The monoisotopic (exact) mass is 466 g/mol. The van der Waals surface area contributed by atoms with Gasteiger partial charge >= 0.3 is 0 Å². The summed E-state index contributed by atoms with van der Waals surface area (Å²) in [5.41, 5.74) is 1.63. The normalized spacial score (nSPS) is 13.8. The molecule has 0 saturated carbocycles. The summed E-state index contributed by atoms with van der Waals surface area (Å²) in [7, 11) is -4.14. The molecule has 0 atom stereocenters. The quantitative estimate of drug-likeness (QED) is 0.625. The highest BCUT2D eigenvalue weighted by atomic mass is 35.5. The zero-order valence-corrected chi connectivity index (χ0v) is 18.1. The van der Waals surface area contributed by atoms with Gasteiger partial charge in [0.25, 0.3) is 10.0 Å². The number of aromatic nitrogens is 2. The minimum atomic E-state index is -4.14. The van der Waals surface area contributed by atoms with E-state index in [0.29, 0.717) is 35.0 Å². The summed E-state index contributed by atoms with van der Waals surface area (Å²) in [6.45, 7) is 1.62. The predicted octanol–water partition coefficient (Wildman–Crippen LogP) is 4.10. The Morgan fingerprint density at radius 1 is 1.30 bits per heavy atom. The number of anilines is 2. The molecule has 0 radical (unpaired) electrons. The van der Waals surface area contributed by atoms with Gasteiger partial charge in [0.05, 0.1) is 22.0 Å². The summed E-state index contributed by atoms with van der Waals surface area (Å²) in [6, 6.07) is 6.81. The molecule has 30 heavy (non-hydrogen) atoms. The van der Waals surface area contributed by atoms with Crippen molar-refractivity contribution >= 4 is 49.7 Å². The second kappa shape index (κ2) is 7.93. The molecule has 1 aliphatic heterocycles. The number of nitrogens with one attached hydrogen (secondary N) is 1. The fourth-order valence-corrected chi connectivity index (χ4v) is 5.89. The number of sulfonamides is 1. The SMILES string of the molecule is CC(=O)Nc1ncc(-c2ccc3c(n2)CCCN3S(=O)(=O)c2cc(Cl)ccc2F)s1. The van der Waals surface area contributed by atoms with Gasteiger partial charge in [0.2, 0.25) is 5.91 Å². The molecule has 3 heterocycles. The number of hydrogen-bond donors (Lipinski definition) is 1. The Kier molecular flexibility index (Phi) is 5.48. The fourth-order valence-electron chi connectivity index (χ4n) is 3.20. The zero-order chi connectivity index (χ0) is 21.5. The lowest BCUT2D eigenvalue weighted by Gasteiger charge is -2.30. The van der Waals surface area contributed by atoms with Crippen LogP contribution in [-0.2, 0) is 21.2 Å². The maximum atomic E-state index is 14.3. The highest BCUT2D eigenvalue weighted by molar-refractivity contribution is 7.92. The van der Waals surface area contributed by atoms with Crippen LogP contribution in [0.3, 0.4) is 0 Å². The summed E-state index contributed by atoms with van der Waals surface area (Å²) in [5, 5.41) is 3.21. The van der Waals surface area contributed by atoms with Crippen molar-refractivity contribution in [3.05, 3.63) is 53.1 Å². The number of hydrogen-bond acceptors (Lipinski definition) is 6. The van der Waals surface area contributed by atoms with E-state index >= 15 is 0 Å². The standard InChI is InChI=1S/C19H16ClFN4O3S2/c1-11(26)23-19-22-10-17(29-19)15-6-7-16-14(24-15)3-2-8-25(16)30(27,28)18-9-12(20)4-5-13(18)21/h4-7,9-10H,2-3,8H2,1H3,(H,22,23,26). The molecular formula is C19H16ClFN4O3S2. The van der Waals surface area contributed by atoms with Gasteiger partial charge in [-0.25, -0.2) is 22.8 Å². The average Bonchev–Trinajstić information content (AvgIpc) is 3.16. The van der Waals surface area contributed by atoms with Gasteiger partial charge in [0.1, 0.15) is 10.7 Å². The molecular weight excluding hydrogens is 451 g/mol. The molecule has 0 unspecified atom stereocenters. The van der Waals surface area contributed by atoms with E-state index < -0.39 is 20.7 Å². The molecule has 0 fully saturated rings. The first-order chi connectivity index (χ1) is 14.3. The number of thiazole rings is 1. The zero-order valence-electron chi connectivity index (χ0n) is 15.7. The van der Waals surface area contributed by atoms with Crippen LogP contribution in [0.15, 0.2) is 41.4 Å². The average molecular weight is 467 g/mol. The van der Waals surface area contributed by atoms with Gasteiger partial charge in [-0.3, -0.25) is 9.10 Å². The third-order valence-electron chi connectivity index (χ3n) is 4.50. The number of halogens is 2. The molecule has 0 bridgehead atoms. The molecule has 4 rings (SSSR count). The molecule has 0 saturated heterocycles. The molecule has 7 nitrogen and oxygen atoms in total. The first-order valence-electron chi connectivity index (χ1n) is 8.97. The van der Waals surface area contributed by atoms with E-state index in [4.69, 9.17) is 11.6 Å². The molecule has 3 aromatic rings. The number of rotatable bonds is 4. The van der Waals surface area contributed by atoms with E-state index in [2.05, 4.69) is 15.3 Å². The molecule has 2 aromatic heterocycles. The van der Waals surface area contributed by atoms with Gasteiger partial charge in [0.15, 0.2) is 5.13 Å². The summed E-state index contributed by atoms with van der Waals surface area (Å²) in [6.07, 6.45) is 2.73. The maximum Gasteiger partial charge on any atom is 0.267 e. The Balaban J connectivity index is 1.71. The summed E-state index contributed by atoms with van der Waals surface area (Å²) >= 11 is 7.16. The van der Waals surface area contributed by atoms with Gasteiger partial charge in [-0.1, -0.05) is 22.9 Å². The van der Waals surface area contributed by atoms with Crippen molar-refractivity contribution in [2.45, 2.75) is 24.7 Å². The van der Waals surface area contributed by atoms with E-state index in [1.807, 2.05) is 0 Å². The first-order valence-corrected chi connectivity index (χ1v) is 11.6. The van der Waals surface area contributed by atoms with Crippen LogP contribution in [0.1, 0.15) is 19.0 Å².